The number of benzene rings is 1. The summed E-state index contributed by atoms with van der Waals surface area (Å²) in [4.78, 5) is 33.0. The van der Waals surface area contributed by atoms with E-state index >= 15 is 0 Å². The lowest BCUT2D eigenvalue weighted by Crippen LogP contribution is -2.38. The van der Waals surface area contributed by atoms with Crippen molar-refractivity contribution < 1.29 is 14.7 Å². The Morgan fingerprint density at radius 2 is 2.00 bits per heavy atom. The van der Waals surface area contributed by atoms with Gasteiger partial charge in [0.2, 0.25) is 11.8 Å². The van der Waals surface area contributed by atoms with E-state index in [0.717, 1.165) is 0 Å². The standard InChI is InChI=1S/C20H23N3O3/c1-14(2)22-12-15(11-19(22)25)20(26)23(13-16-7-5-6-10-21-16)17-8-3-4-9-18(17)24/h3-10,14-15,24H,11-13H2,1-2H3. The fraction of sp³-hybridized carbons (Fsp3) is 0.350. The molecule has 6 heteroatoms. The van der Waals surface area contributed by atoms with E-state index in [1.165, 1.54) is 4.90 Å². The first-order valence-corrected chi connectivity index (χ1v) is 8.76. The molecule has 2 amide bonds. The molecular formula is C20H23N3O3. The van der Waals surface area contributed by atoms with Crippen molar-refractivity contribution in [1.82, 2.24) is 9.88 Å². The lowest BCUT2D eigenvalue weighted by molar-refractivity contribution is -0.129. The number of nitrogens with zero attached hydrogens (tertiary/aromatic N) is 3. The first kappa shape index (κ1) is 17.9. The fourth-order valence-electron chi connectivity index (χ4n) is 3.24. The maximum Gasteiger partial charge on any atom is 0.232 e. The summed E-state index contributed by atoms with van der Waals surface area (Å²) in [7, 11) is 0. The van der Waals surface area contributed by atoms with Gasteiger partial charge in [-0.05, 0) is 38.1 Å². The van der Waals surface area contributed by atoms with E-state index in [1.807, 2.05) is 32.0 Å². The third kappa shape index (κ3) is 3.69. The molecule has 2 heterocycles. The molecule has 1 atom stereocenters. The van der Waals surface area contributed by atoms with Gasteiger partial charge in [-0.3, -0.25) is 14.6 Å². The van der Waals surface area contributed by atoms with Crippen molar-refractivity contribution in [3.8, 4) is 5.75 Å². The van der Waals surface area contributed by atoms with Gasteiger partial charge in [-0.1, -0.05) is 18.2 Å². The molecule has 0 aliphatic carbocycles. The second kappa shape index (κ2) is 7.56. The monoisotopic (exact) mass is 353 g/mol. The first-order valence-electron chi connectivity index (χ1n) is 8.76. The van der Waals surface area contributed by atoms with Gasteiger partial charge in [0.15, 0.2) is 0 Å². The Morgan fingerprint density at radius 1 is 1.27 bits per heavy atom. The van der Waals surface area contributed by atoms with Crippen LogP contribution >= 0.6 is 0 Å². The Labute approximate surface area is 153 Å². The number of carbonyl (C=O) groups is 2. The number of phenols is 1. The minimum Gasteiger partial charge on any atom is -0.506 e. The molecule has 2 aromatic rings. The van der Waals surface area contributed by atoms with Crippen molar-refractivity contribution in [2.45, 2.75) is 32.9 Å². The SMILES string of the molecule is CC(C)N1CC(C(=O)N(Cc2ccccn2)c2ccccc2O)CC1=O. The van der Waals surface area contributed by atoms with Gasteiger partial charge in [0.05, 0.1) is 23.8 Å². The summed E-state index contributed by atoms with van der Waals surface area (Å²) in [6.07, 6.45) is 1.87. The van der Waals surface area contributed by atoms with E-state index in [0.29, 0.717) is 17.9 Å². The van der Waals surface area contributed by atoms with E-state index in [2.05, 4.69) is 4.98 Å². The van der Waals surface area contributed by atoms with E-state index in [4.69, 9.17) is 0 Å². The van der Waals surface area contributed by atoms with Gasteiger partial charge in [0.25, 0.3) is 0 Å². The molecule has 1 aliphatic rings. The van der Waals surface area contributed by atoms with E-state index < -0.39 is 5.92 Å². The molecule has 1 aromatic heterocycles. The van der Waals surface area contributed by atoms with Crippen LogP contribution in [0.4, 0.5) is 5.69 Å². The third-order valence-corrected chi connectivity index (χ3v) is 4.62. The molecule has 136 valence electrons. The lowest BCUT2D eigenvalue weighted by atomic mass is 10.1. The number of carbonyl (C=O) groups excluding carboxylic acids is 2. The zero-order valence-electron chi connectivity index (χ0n) is 15.0. The van der Waals surface area contributed by atoms with E-state index in [1.54, 1.807) is 35.4 Å². The molecule has 1 fully saturated rings. The number of aromatic nitrogens is 1. The molecule has 3 rings (SSSR count). The van der Waals surface area contributed by atoms with Crippen LogP contribution in [-0.4, -0.2) is 39.4 Å². The van der Waals surface area contributed by atoms with Crippen molar-refractivity contribution in [3.63, 3.8) is 0 Å². The van der Waals surface area contributed by atoms with Crippen molar-refractivity contribution >= 4 is 17.5 Å². The molecule has 1 saturated heterocycles. The highest BCUT2D eigenvalue weighted by Gasteiger charge is 2.38. The van der Waals surface area contributed by atoms with Gasteiger partial charge in [0, 0.05) is 25.2 Å². The van der Waals surface area contributed by atoms with Crippen LogP contribution in [0.5, 0.6) is 5.75 Å². The largest absolute Gasteiger partial charge is 0.506 e. The zero-order chi connectivity index (χ0) is 18.7. The summed E-state index contributed by atoms with van der Waals surface area (Å²) in [6.45, 7) is 4.53. The molecule has 0 saturated carbocycles. The highest BCUT2D eigenvalue weighted by atomic mass is 16.3. The number of hydrogen-bond acceptors (Lipinski definition) is 4. The molecule has 6 nitrogen and oxygen atoms in total. The normalized spacial score (nSPS) is 17.0. The van der Waals surface area contributed by atoms with E-state index in [-0.39, 0.29) is 36.6 Å². The minimum absolute atomic E-state index is 0.00609. The Bertz CT molecular complexity index is 792. The second-order valence-electron chi connectivity index (χ2n) is 6.78. The summed E-state index contributed by atoms with van der Waals surface area (Å²) in [5, 5.41) is 10.3. The van der Waals surface area contributed by atoms with Gasteiger partial charge in [-0.2, -0.15) is 0 Å². The molecule has 26 heavy (non-hydrogen) atoms. The highest BCUT2D eigenvalue weighted by molar-refractivity contribution is 5.99. The van der Waals surface area contributed by atoms with Crippen LogP contribution in [0, 0.1) is 5.92 Å². The summed E-state index contributed by atoms with van der Waals surface area (Å²) in [6, 6.07) is 12.3. The summed E-state index contributed by atoms with van der Waals surface area (Å²) in [5.41, 5.74) is 1.15. The predicted octanol–water partition coefficient (Wildman–Crippen LogP) is 2.58. The number of rotatable bonds is 5. The van der Waals surface area contributed by atoms with Gasteiger partial charge < -0.3 is 14.9 Å². The third-order valence-electron chi connectivity index (χ3n) is 4.62. The van der Waals surface area contributed by atoms with Crippen molar-refractivity contribution in [1.29, 1.82) is 0 Å². The lowest BCUT2D eigenvalue weighted by Gasteiger charge is -2.26. The Hall–Kier alpha value is -2.89. The quantitative estimate of drug-likeness (QED) is 0.897. The molecule has 0 spiro atoms. The average molecular weight is 353 g/mol. The number of anilines is 1. The number of amides is 2. The highest BCUT2D eigenvalue weighted by Crippen LogP contribution is 2.31. The van der Waals surface area contributed by atoms with Gasteiger partial charge in [-0.15, -0.1) is 0 Å². The van der Waals surface area contributed by atoms with Crippen LogP contribution in [0.15, 0.2) is 48.7 Å². The Kier molecular flexibility index (Phi) is 5.21. The first-order chi connectivity index (χ1) is 12.5. The molecule has 1 N–H and O–H groups in total. The number of pyridine rings is 1. The van der Waals surface area contributed by atoms with Crippen molar-refractivity contribution in [3.05, 3.63) is 54.4 Å². The molecular weight excluding hydrogens is 330 g/mol. The van der Waals surface area contributed by atoms with Gasteiger partial charge in [-0.25, -0.2) is 0 Å². The Morgan fingerprint density at radius 3 is 2.62 bits per heavy atom. The van der Waals surface area contributed by atoms with Crippen LogP contribution in [-0.2, 0) is 16.1 Å². The summed E-state index contributed by atoms with van der Waals surface area (Å²) >= 11 is 0. The van der Waals surface area contributed by atoms with Gasteiger partial charge in [0.1, 0.15) is 5.75 Å². The van der Waals surface area contributed by atoms with Gasteiger partial charge >= 0.3 is 0 Å². The molecule has 1 unspecified atom stereocenters. The van der Waals surface area contributed by atoms with Crippen LogP contribution in [0.3, 0.4) is 0 Å². The predicted molar refractivity (Wildman–Crippen MR) is 98.5 cm³/mol. The van der Waals surface area contributed by atoms with Crippen molar-refractivity contribution in [2.24, 2.45) is 5.92 Å². The number of likely N-dealkylation sites (tertiary alicyclic amines) is 1. The molecule has 0 radical (unpaired) electrons. The number of hydrogen-bond donors (Lipinski definition) is 1. The maximum atomic E-state index is 13.2. The number of aromatic hydroxyl groups is 1. The summed E-state index contributed by atoms with van der Waals surface area (Å²) < 4.78 is 0. The number of para-hydroxylation sites is 2. The molecule has 1 aromatic carbocycles. The van der Waals surface area contributed by atoms with Crippen LogP contribution < -0.4 is 4.90 Å². The molecule has 0 bridgehead atoms. The van der Waals surface area contributed by atoms with Crippen LogP contribution in [0.25, 0.3) is 0 Å². The fourth-order valence-corrected chi connectivity index (χ4v) is 3.24. The average Bonchev–Trinajstić information content (AvgIpc) is 3.03. The van der Waals surface area contributed by atoms with Crippen molar-refractivity contribution in [2.75, 3.05) is 11.4 Å². The van der Waals surface area contributed by atoms with Crippen LogP contribution in [0.1, 0.15) is 26.0 Å². The molecule has 1 aliphatic heterocycles. The van der Waals surface area contributed by atoms with E-state index in [9.17, 15) is 14.7 Å². The topological polar surface area (TPSA) is 73.7 Å². The number of phenolic OH excluding ortho intramolecular Hbond substituents is 1. The van der Waals surface area contributed by atoms with Crippen LogP contribution in [0.2, 0.25) is 0 Å². The smallest absolute Gasteiger partial charge is 0.232 e. The second-order valence-corrected chi connectivity index (χ2v) is 6.78. The Balaban J connectivity index is 1.89. The summed E-state index contributed by atoms with van der Waals surface area (Å²) in [5.74, 6) is -0.572. The maximum absolute atomic E-state index is 13.2. The zero-order valence-corrected chi connectivity index (χ0v) is 15.0. The minimum atomic E-state index is -0.423.